The Bertz CT molecular complexity index is 767. The average molecular weight is 269 g/mol. The fourth-order valence-corrected chi connectivity index (χ4v) is 1.81. The number of para-hydroxylation sites is 1. The maximum Gasteiger partial charge on any atom is 0.371 e. The van der Waals surface area contributed by atoms with Gasteiger partial charge < -0.3 is 14.8 Å². The quantitative estimate of drug-likeness (QED) is 0.756. The molecule has 0 unspecified atom stereocenters. The zero-order valence-electron chi connectivity index (χ0n) is 10.4. The predicted octanol–water partition coefficient (Wildman–Crippen LogP) is 2.53. The van der Waals surface area contributed by atoms with Gasteiger partial charge in [-0.05, 0) is 18.2 Å². The van der Waals surface area contributed by atoms with Gasteiger partial charge in [-0.3, -0.25) is 0 Å². The lowest BCUT2D eigenvalue weighted by Gasteiger charge is -2.03. The van der Waals surface area contributed by atoms with Crippen LogP contribution in [0.25, 0.3) is 10.9 Å². The second kappa shape index (κ2) is 5.00. The van der Waals surface area contributed by atoms with E-state index in [0.29, 0.717) is 18.3 Å². The molecule has 6 nitrogen and oxygen atoms in total. The number of rotatable bonds is 4. The van der Waals surface area contributed by atoms with Crippen molar-refractivity contribution in [1.29, 1.82) is 0 Å². The summed E-state index contributed by atoms with van der Waals surface area (Å²) < 4.78 is 5.14. The molecule has 0 atom stereocenters. The third-order valence-corrected chi connectivity index (χ3v) is 2.78. The number of aromatic carboxylic acids is 1. The van der Waals surface area contributed by atoms with Gasteiger partial charge in [-0.1, -0.05) is 18.2 Å². The molecule has 3 rings (SSSR count). The Labute approximate surface area is 114 Å². The van der Waals surface area contributed by atoms with E-state index in [1.54, 1.807) is 12.3 Å². The number of hydrogen-bond donors (Lipinski definition) is 2. The highest BCUT2D eigenvalue weighted by Gasteiger charge is 2.09. The van der Waals surface area contributed by atoms with Gasteiger partial charge in [0.1, 0.15) is 5.76 Å². The summed E-state index contributed by atoms with van der Waals surface area (Å²) >= 11 is 0. The molecule has 3 aromatic rings. The van der Waals surface area contributed by atoms with Crippen molar-refractivity contribution in [2.75, 3.05) is 5.32 Å². The van der Waals surface area contributed by atoms with Gasteiger partial charge in [-0.25, -0.2) is 14.8 Å². The fourth-order valence-electron chi connectivity index (χ4n) is 1.81. The molecule has 0 radical (unpaired) electrons. The van der Waals surface area contributed by atoms with Crippen LogP contribution in [0.4, 0.5) is 5.95 Å². The number of hydrogen-bond acceptors (Lipinski definition) is 5. The lowest BCUT2D eigenvalue weighted by atomic mass is 10.2. The lowest BCUT2D eigenvalue weighted by Crippen LogP contribution is -2.02. The summed E-state index contributed by atoms with van der Waals surface area (Å²) in [7, 11) is 0. The highest BCUT2D eigenvalue weighted by atomic mass is 16.4. The van der Waals surface area contributed by atoms with Gasteiger partial charge in [0.05, 0.1) is 12.1 Å². The van der Waals surface area contributed by atoms with Crippen molar-refractivity contribution in [2.45, 2.75) is 6.54 Å². The van der Waals surface area contributed by atoms with Gasteiger partial charge in [0, 0.05) is 11.6 Å². The molecule has 2 aromatic heterocycles. The van der Waals surface area contributed by atoms with Gasteiger partial charge in [-0.2, -0.15) is 0 Å². The largest absolute Gasteiger partial charge is 0.475 e. The summed E-state index contributed by atoms with van der Waals surface area (Å²) in [6, 6.07) is 10.7. The minimum absolute atomic E-state index is 0.0822. The molecule has 0 fully saturated rings. The van der Waals surface area contributed by atoms with Crippen LogP contribution in [0.2, 0.25) is 0 Å². The molecule has 20 heavy (non-hydrogen) atoms. The maximum atomic E-state index is 10.7. The van der Waals surface area contributed by atoms with E-state index in [4.69, 9.17) is 9.52 Å². The number of anilines is 1. The first-order chi connectivity index (χ1) is 9.72. The molecule has 1 aromatic carbocycles. The number of nitrogens with one attached hydrogen (secondary N) is 1. The van der Waals surface area contributed by atoms with Crippen LogP contribution in [-0.4, -0.2) is 21.0 Å². The van der Waals surface area contributed by atoms with E-state index in [9.17, 15) is 4.79 Å². The van der Waals surface area contributed by atoms with E-state index in [2.05, 4.69) is 15.3 Å². The molecule has 100 valence electrons. The highest BCUT2D eigenvalue weighted by Crippen LogP contribution is 2.13. The fraction of sp³-hybridized carbons (Fsp3) is 0.0714. The zero-order valence-corrected chi connectivity index (χ0v) is 10.4. The zero-order chi connectivity index (χ0) is 13.9. The Morgan fingerprint density at radius 3 is 2.90 bits per heavy atom. The molecule has 0 aliphatic rings. The number of fused-ring (bicyclic) bond motifs is 1. The molecule has 6 heteroatoms. The molecule has 0 spiro atoms. The third kappa shape index (κ3) is 2.44. The van der Waals surface area contributed by atoms with Crippen molar-refractivity contribution in [3.8, 4) is 0 Å². The third-order valence-electron chi connectivity index (χ3n) is 2.78. The average Bonchev–Trinajstić information content (AvgIpc) is 2.94. The van der Waals surface area contributed by atoms with E-state index in [1.807, 2.05) is 24.3 Å². The smallest absolute Gasteiger partial charge is 0.371 e. The van der Waals surface area contributed by atoms with Crippen LogP contribution in [-0.2, 0) is 6.54 Å². The van der Waals surface area contributed by atoms with Crippen LogP contribution >= 0.6 is 0 Å². The lowest BCUT2D eigenvalue weighted by molar-refractivity contribution is 0.0660. The number of benzene rings is 1. The van der Waals surface area contributed by atoms with Crippen LogP contribution in [0, 0.1) is 0 Å². The van der Waals surface area contributed by atoms with Gasteiger partial charge in [0.15, 0.2) is 0 Å². The highest BCUT2D eigenvalue weighted by molar-refractivity contribution is 5.84. The summed E-state index contributed by atoms with van der Waals surface area (Å²) in [5, 5.41) is 12.7. The first-order valence-electron chi connectivity index (χ1n) is 6.00. The molecular formula is C14H11N3O3. The minimum atomic E-state index is -1.08. The van der Waals surface area contributed by atoms with E-state index in [0.717, 1.165) is 10.9 Å². The van der Waals surface area contributed by atoms with Crippen molar-refractivity contribution in [2.24, 2.45) is 0 Å². The number of furan rings is 1. The Hall–Kier alpha value is -2.89. The van der Waals surface area contributed by atoms with E-state index in [1.165, 1.54) is 6.07 Å². The van der Waals surface area contributed by atoms with Gasteiger partial charge in [-0.15, -0.1) is 0 Å². The summed E-state index contributed by atoms with van der Waals surface area (Å²) in [4.78, 5) is 19.2. The first-order valence-corrected chi connectivity index (χ1v) is 6.00. The number of nitrogens with zero attached hydrogens (tertiary/aromatic N) is 2. The molecule has 0 amide bonds. The molecule has 0 saturated carbocycles. The topological polar surface area (TPSA) is 88.2 Å². The predicted molar refractivity (Wildman–Crippen MR) is 72.5 cm³/mol. The second-order valence-electron chi connectivity index (χ2n) is 4.18. The minimum Gasteiger partial charge on any atom is -0.475 e. The molecule has 0 saturated heterocycles. The summed E-state index contributed by atoms with van der Waals surface area (Å²) in [6.45, 7) is 0.325. The van der Waals surface area contributed by atoms with Crippen molar-refractivity contribution >= 4 is 22.8 Å². The molecule has 0 bridgehead atoms. The van der Waals surface area contributed by atoms with Crippen molar-refractivity contribution in [3.63, 3.8) is 0 Å². The van der Waals surface area contributed by atoms with Crippen LogP contribution in [0.1, 0.15) is 16.3 Å². The maximum absolute atomic E-state index is 10.7. The van der Waals surface area contributed by atoms with Crippen LogP contribution in [0.3, 0.4) is 0 Å². The number of carboxylic acid groups (broad SMARTS) is 1. The first kappa shape index (κ1) is 12.2. The van der Waals surface area contributed by atoms with Crippen LogP contribution in [0.15, 0.2) is 47.0 Å². The van der Waals surface area contributed by atoms with Crippen LogP contribution in [0.5, 0.6) is 0 Å². The van der Waals surface area contributed by atoms with E-state index >= 15 is 0 Å². The Morgan fingerprint density at radius 1 is 1.25 bits per heavy atom. The van der Waals surface area contributed by atoms with Gasteiger partial charge in [0.25, 0.3) is 0 Å². The molecule has 0 aliphatic heterocycles. The SMILES string of the molecule is O=C(O)c1ccc(CNc2ncc3ccccc3n2)o1. The monoisotopic (exact) mass is 269 g/mol. The van der Waals surface area contributed by atoms with Crippen molar-refractivity contribution in [3.05, 3.63) is 54.1 Å². The standard InChI is InChI=1S/C14H11N3O3/c18-13(19)12-6-5-10(20-12)8-16-14-15-7-9-3-1-2-4-11(9)17-14/h1-7H,8H2,(H,18,19)(H,15,16,17). The molecule has 2 N–H and O–H groups in total. The summed E-state index contributed by atoms with van der Waals surface area (Å²) in [5.74, 6) is -0.185. The van der Waals surface area contributed by atoms with Crippen molar-refractivity contribution in [1.82, 2.24) is 9.97 Å². The Morgan fingerprint density at radius 2 is 2.10 bits per heavy atom. The van der Waals surface area contributed by atoms with Gasteiger partial charge >= 0.3 is 5.97 Å². The van der Waals surface area contributed by atoms with Crippen molar-refractivity contribution < 1.29 is 14.3 Å². The molecule has 2 heterocycles. The number of carbonyl (C=O) groups is 1. The van der Waals surface area contributed by atoms with E-state index < -0.39 is 5.97 Å². The second-order valence-corrected chi connectivity index (χ2v) is 4.18. The van der Waals surface area contributed by atoms with Crippen LogP contribution < -0.4 is 5.32 Å². The molecule has 0 aliphatic carbocycles. The Kier molecular flexibility index (Phi) is 3.04. The summed E-state index contributed by atoms with van der Waals surface area (Å²) in [6.07, 6.45) is 1.73. The number of carboxylic acids is 1. The summed E-state index contributed by atoms with van der Waals surface area (Å²) in [5.41, 5.74) is 0.843. The van der Waals surface area contributed by atoms with Gasteiger partial charge in [0.2, 0.25) is 11.7 Å². The number of aromatic nitrogens is 2. The normalized spacial score (nSPS) is 10.6. The van der Waals surface area contributed by atoms with E-state index in [-0.39, 0.29) is 5.76 Å². The Balaban J connectivity index is 1.74. The molecular weight excluding hydrogens is 258 g/mol.